The highest BCUT2D eigenvalue weighted by atomic mass is 16.5. The lowest BCUT2D eigenvalue weighted by Crippen LogP contribution is -2.40. The van der Waals surface area contributed by atoms with Crippen molar-refractivity contribution >= 4 is 5.91 Å². The molecule has 1 unspecified atom stereocenters. The van der Waals surface area contributed by atoms with E-state index in [1.165, 1.54) is 0 Å². The minimum atomic E-state index is -0.155. The maximum Gasteiger partial charge on any atom is 0.236 e. The Kier molecular flexibility index (Phi) is 5.66. The van der Waals surface area contributed by atoms with Crippen LogP contribution in [0.3, 0.4) is 0 Å². The first kappa shape index (κ1) is 11.4. The molecule has 0 aliphatic rings. The number of hydrogen-bond acceptors (Lipinski definition) is 3. The van der Waals surface area contributed by atoms with Crippen molar-refractivity contribution in [2.75, 3.05) is 27.7 Å². The molecule has 0 aromatic heterocycles. The van der Waals surface area contributed by atoms with Crippen LogP contribution in [0.4, 0.5) is 0 Å². The zero-order valence-electron chi connectivity index (χ0n) is 8.26. The van der Waals surface area contributed by atoms with E-state index in [9.17, 15) is 4.79 Å². The lowest BCUT2D eigenvalue weighted by molar-refractivity contribution is -0.125. The van der Waals surface area contributed by atoms with Crippen LogP contribution in [0.1, 0.15) is 13.3 Å². The third-order valence-electron chi connectivity index (χ3n) is 1.44. The molecule has 0 fully saturated rings. The van der Waals surface area contributed by atoms with Crippen molar-refractivity contribution < 1.29 is 9.53 Å². The highest BCUT2D eigenvalue weighted by Gasteiger charge is 2.08. The molecule has 0 saturated heterocycles. The Morgan fingerprint density at radius 3 is 2.50 bits per heavy atom. The van der Waals surface area contributed by atoms with Gasteiger partial charge in [-0.25, -0.2) is 0 Å². The number of amides is 1. The van der Waals surface area contributed by atoms with Gasteiger partial charge in [0.1, 0.15) is 6.23 Å². The maximum atomic E-state index is 11.1. The number of hydrogen-bond donors (Lipinski definition) is 1. The van der Waals surface area contributed by atoms with E-state index in [4.69, 9.17) is 4.74 Å². The molecule has 0 aromatic carbocycles. The first-order valence-corrected chi connectivity index (χ1v) is 4.07. The zero-order valence-corrected chi connectivity index (χ0v) is 8.26. The summed E-state index contributed by atoms with van der Waals surface area (Å²) in [7, 11) is 5.30. The Morgan fingerprint density at radius 2 is 2.17 bits per heavy atom. The fraction of sp³-hybridized carbons (Fsp3) is 0.875. The number of rotatable bonds is 5. The smallest absolute Gasteiger partial charge is 0.236 e. The van der Waals surface area contributed by atoms with Crippen molar-refractivity contribution in [1.82, 2.24) is 10.2 Å². The van der Waals surface area contributed by atoms with Crippen LogP contribution >= 0.6 is 0 Å². The molecule has 1 atom stereocenters. The summed E-state index contributed by atoms with van der Waals surface area (Å²) < 4.78 is 5.00. The van der Waals surface area contributed by atoms with Gasteiger partial charge in [0.15, 0.2) is 0 Å². The molecule has 4 heteroatoms. The lowest BCUT2D eigenvalue weighted by Gasteiger charge is -2.16. The Morgan fingerprint density at radius 1 is 1.58 bits per heavy atom. The van der Waals surface area contributed by atoms with E-state index in [0.717, 1.165) is 6.42 Å². The Bertz CT molecular complexity index is 133. The number of carbonyl (C=O) groups is 1. The Balaban J connectivity index is 3.66. The third-order valence-corrected chi connectivity index (χ3v) is 1.44. The monoisotopic (exact) mass is 174 g/mol. The predicted molar refractivity (Wildman–Crippen MR) is 47.8 cm³/mol. The van der Waals surface area contributed by atoms with Crippen molar-refractivity contribution in [2.24, 2.45) is 0 Å². The topological polar surface area (TPSA) is 41.6 Å². The van der Waals surface area contributed by atoms with Gasteiger partial charge in [-0.3, -0.25) is 4.79 Å². The molecule has 0 rings (SSSR count). The van der Waals surface area contributed by atoms with E-state index in [2.05, 4.69) is 5.32 Å². The predicted octanol–water partition coefficient (Wildman–Crippen LogP) is 0.0467. The van der Waals surface area contributed by atoms with Crippen LogP contribution in [0.5, 0.6) is 0 Å². The molecule has 0 heterocycles. The molecule has 4 nitrogen and oxygen atoms in total. The van der Waals surface area contributed by atoms with Crippen LogP contribution in [-0.2, 0) is 9.53 Å². The van der Waals surface area contributed by atoms with E-state index in [-0.39, 0.29) is 12.1 Å². The second kappa shape index (κ2) is 5.97. The first-order chi connectivity index (χ1) is 5.60. The standard InChI is InChI=1S/C8H18N2O2/c1-5-8(12-4)9-7(11)6-10(2)3/h8H,5-6H2,1-4H3,(H,9,11). The molecule has 0 bridgehead atoms. The van der Waals surface area contributed by atoms with Gasteiger partial charge in [-0.05, 0) is 20.5 Å². The number of carbonyl (C=O) groups excluding carboxylic acids is 1. The normalized spacial score (nSPS) is 13.1. The lowest BCUT2D eigenvalue weighted by atomic mass is 10.4. The van der Waals surface area contributed by atoms with Crippen LogP contribution in [0.15, 0.2) is 0 Å². The average Bonchev–Trinajstić information content (AvgIpc) is 1.98. The molecule has 0 aliphatic heterocycles. The number of methoxy groups -OCH3 is 1. The molecular formula is C8H18N2O2. The van der Waals surface area contributed by atoms with Crippen LogP contribution in [0, 0.1) is 0 Å². The SMILES string of the molecule is CCC(NC(=O)CN(C)C)OC. The Hall–Kier alpha value is -0.610. The second-order valence-electron chi connectivity index (χ2n) is 2.94. The van der Waals surface area contributed by atoms with Gasteiger partial charge in [-0.2, -0.15) is 0 Å². The fourth-order valence-corrected chi connectivity index (χ4v) is 0.840. The van der Waals surface area contributed by atoms with Crippen molar-refractivity contribution in [3.63, 3.8) is 0 Å². The van der Waals surface area contributed by atoms with Crippen molar-refractivity contribution in [3.8, 4) is 0 Å². The molecule has 0 spiro atoms. The molecule has 0 aromatic rings. The average molecular weight is 174 g/mol. The fourth-order valence-electron chi connectivity index (χ4n) is 0.840. The molecule has 72 valence electrons. The van der Waals surface area contributed by atoms with Crippen molar-refractivity contribution in [3.05, 3.63) is 0 Å². The second-order valence-corrected chi connectivity index (χ2v) is 2.94. The number of nitrogens with one attached hydrogen (secondary N) is 1. The van der Waals surface area contributed by atoms with Crippen molar-refractivity contribution in [2.45, 2.75) is 19.6 Å². The maximum absolute atomic E-state index is 11.1. The van der Waals surface area contributed by atoms with Gasteiger partial charge in [0.2, 0.25) is 5.91 Å². The Labute approximate surface area is 73.9 Å². The van der Waals surface area contributed by atoms with E-state index in [0.29, 0.717) is 6.54 Å². The minimum Gasteiger partial charge on any atom is -0.362 e. The molecule has 1 N–H and O–H groups in total. The molecule has 0 aliphatic carbocycles. The zero-order chi connectivity index (χ0) is 9.56. The number of likely N-dealkylation sites (N-methyl/N-ethyl adjacent to an activating group) is 1. The molecule has 1 amide bonds. The largest absolute Gasteiger partial charge is 0.362 e. The van der Waals surface area contributed by atoms with Crippen LogP contribution < -0.4 is 5.32 Å². The third kappa shape index (κ3) is 5.09. The first-order valence-electron chi connectivity index (χ1n) is 4.07. The van der Waals surface area contributed by atoms with E-state index in [1.807, 2.05) is 25.9 Å². The summed E-state index contributed by atoms with van der Waals surface area (Å²) in [5.41, 5.74) is 0. The van der Waals surface area contributed by atoms with E-state index >= 15 is 0 Å². The molecular weight excluding hydrogens is 156 g/mol. The quantitative estimate of drug-likeness (QED) is 0.599. The number of ether oxygens (including phenoxy) is 1. The van der Waals surface area contributed by atoms with Gasteiger partial charge in [-0.15, -0.1) is 0 Å². The van der Waals surface area contributed by atoms with Crippen LogP contribution in [-0.4, -0.2) is 44.8 Å². The summed E-state index contributed by atoms with van der Waals surface area (Å²) in [5, 5.41) is 2.74. The minimum absolute atomic E-state index is 0.00583. The molecule has 0 saturated carbocycles. The summed E-state index contributed by atoms with van der Waals surface area (Å²) in [6.07, 6.45) is 0.632. The van der Waals surface area contributed by atoms with Crippen LogP contribution in [0.25, 0.3) is 0 Å². The van der Waals surface area contributed by atoms with Gasteiger partial charge in [0, 0.05) is 7.11 Å². The highest BCUT2D eigenvalue weighted by molar-refractivity contribution is 5.78. The van der Waals surface area contributed by atoms with Gasteiger partial charge >= 0.3 is 0 Å². The summed E-state index contributed by atoms with van der Waals surface area (Å²) in [6, 6.07) is 0. The van der Waals surface area contributed by atoms with E-state index < -0.39 is 0 Å². The van der Waals surface area contributed by atoms with Gasteiger partial charge in [0.25, 0.3) is 0 Å². The van der Waals surface area contributed by atoms with Gasteiger partial charge in [0.05, 0.1) is 6.54 Å². The van der Waals surface area contributed by atoms with Crippen molar-refractivity contribution in [1.29, 1.82) is 0 Å². The number of nitrogens with zero attached hydrogens (tertiary/aromatic N) is 1. The van der Waals surface area contributed by atoms with E-state index in [1.54, 1.807) is 7.11 Å². The molecule has 12 heavy (non-hydrogen) atoms. The summed E-state index contributed by atoms with van der Waals surface area (Å²) >= 11 is 0. The highest BCUT2D eigenvalue weighted by Crippen LogP contribution is 1.90. The van der Waals surface area contributed by atoms with Gasteiger partial charge < -0.3 is 15.0 Å². The summed E-state index contributed by atoms with van der Waals surface area (Å²) in [4.78, 5) is 13.0. The molecule has 0 radical (unpaired) electrons. The summed E-state index contributed by atoms with van der Waals surface area (Å²) in [6.45, 7) is 2.37. The summed E-state index contributed by atoms with van der Waals surface area (Å²) in [5.74, 6) is -0.00583. The van der Waals surface area contributed by atoms with Gasteiger partial charge in [-0.1, -0.05) is 6.92 Å². The van der Waals surface area contributed by atoms with Crippen LogP contribution in [0.2, 0.25) is 0 Å².